The van der Waals surface area contributed by atoms with Gasteiger partial charge in [-0.25, -0.2) is 0 Å². The van der Waals surface area contributed by atoms with E-state index in [2.05, 4.69) is 10.6 Å². The molecular formula is C23H22N2O3. The maximum atomic E-state index is 12.0. The number of carbonyl (C=O) groups is 2. The summed E-state index contributed by atoms with van der Waals surface area (Å²) in [6, 6.07) is 26.3. The second kappa shape index (κ2) is 9.92. The van der Waals surface area contributed by atoms with Gasteiger partial charge in [0.2, 0.25) is 11.8 Å². The number of ether oxygens (including phenoxy) is 1. The van der Waals surface area contributed by atoms with E-state index in [-0.39, 0.29) is 18.2 Å². The quantitative estimate of drug-likeness (QED) is 0.582. The van der Waals surface area contributed by atoms with Crippen LogP contribution in [0.2, 0.25) is 0 Å². The lowest BCUT2D eigenvalue weighted by molar-refractivity contribution is -0.126. The maximum absolute atomic E-state index is 12.0. The summed E-state index contributed by atoms with van der Waals surface area (Å²) < 4.78 is 5.71. The molecule has 0 heterocycles. The predicted octanol–water partition coefficient (Wildman–Crippen LogP) is 4.17. The third kappa shape index (κ3) is 6.29. The number of hydrogen-bond donors (Lipinski definition) is 2. The Bertz CT molecular complexity index is 894. The molecule has 0 fully saturated rings. The molecule has 0 radical (unpaired) electrons. The highest BCUT2D eigenvalue weighted by Crippen LogP contribution is 2.22. The summed E-state index contributed by atoms with van der Waals surface area (Å²) in [5.41, 5.74) is 1.76. The van der Waals surface area contributed by atoms with Crippen molar-refractivity contribution in [1.82, 2.24) is 5.32 Å². The first-order valence-electron chi connectivity index (χ1n) is 9.12. The van der Waals surface area contributed by atoms with Crippen molar-refractivity contribution in [3.05, 3.63) is 90.5 Å². The lowest BCUT2D eigenvalue weighted by Gasteiger charge is -2.08. The van der Waals surface area contributed by atoms with Crippen LogP contribution in [0.25, 0.3) is 0 Å². The van der Waals surface area contributed by atoms with E-state index in [1.807, 2.05) is 60.7 Å². The van der Waals surface area contributed by atoms with Crippen LogP contribution in [-0.4, -0.2) is 18.4 Å². The first kappa shape index (κ1) is 19.2. The molecule has 0 aromatic heterocycles. The van der Waals surface area contributed by atoms with E-state index in [0.717, 1.165) is 17.7 Å². The van der Waals surface area contributed by atoms with Crippen molar-refractivity contribution in [1.29, 1.82) is 0 Å². The van der Waals surface area contributed by atoms with Crippen molar-refractivity contribution in [2.45, 2.75) is 12.8 Å². The number of amides is 2. The van der Waals surface area contributed by atoms with E-state index in [0.29, 0.717) is 18.0 Å². The molecule has 0 unspecified atom stereocenters. The number of nitrogens with one attached hydrogen (secondary N) is 2. The van der Waals surface area contributed by atoms with Crippen LogP contribution in [0, 0.1) is 0 Å². The molecule has 3 rings (SSSR count). The van der Waals surface area contributed by atoms with Gasteiger partial charge < -0.3 is 15.4 Å². The van der Waals surface area contributed by atoms with Gasteiger partial charge in [0, 0.05) is 12.2 Å². The molecule has 0 spiro atoms. The minimum atomic E-state index is -0.353. The fraction of sp³-hybridized carbons (Fsp3) is 0.130. The molecule has 0 aliphatic carbocycles. The predicted molar refractivity (Wildman–Crippen MR) is 109 cm³/mol. The Morgan fingerprint density at radius 3 is 2.00 bits per heavy atom. The van der Waals surface area contributed by atoms with E-state index >= 15 is 0 Å². The molecule has 0 aliphatic heterocycles. The molecule has 0 aliphatic rings. The molecular weight excluding hydrogens is 352 g/mol. The van der Waals surface area contributed by atoms with Gasteiger partial charge in [0.15, 0.2) is 0 Å². The van der Waals surface area contributed by atoms with Crippen LogP contribution < -0.4 is 15.4 Å². The molecule has 28 heavy (non-hydrogen) atoms. The van der Waals surface area contributed by atoms with Gasteiger partial charge in [0.1, 0.15) is 17.9 Å². The van der Waals surface area contributed by atoms with E-state index < -0.39 is 0 Å². The summed E-state index contributed by atoms with van der Waals surface area (Å²) >= 11 is 0. The summed E-state index contributed by atoms with van der Waals surface area (Å²) in [5, 5.41) is 5.48. The van der Waals surface area contributed by atoms with Crippen LogP contribution in [0.4, 0.5) is 5.69 Å². The van der Waals surface area contributed by atoms with Crippen molar-refractivity contribution in [2.75, 3.05) is 11.9 Å². The summed E-state index contributed by atoms with van der Waals surface area (Å²) in [6.45, 7) is 0.502. The number of para-hydroxylation sites is 1. The van der Waals surface area contributed by atoms with E-state index in [1.165, 1.54) is 0 Å². The third-order valence-electron chi connectivity index (χ3n) is 4.02. The average Bonchev–Trinajstić information content (AvgIpc) is 2.71. The number of rotatable bonds is 8. The summed E-state index contributed by atoms with van der Waals surface area (Å²) in [6.07, 6.45) is 0.522. The van der Waals surface area contributed by atoms with Crippen LogP contribution in [0.5, 0.6) is 11.5 Å². The smallest absolute Gasteiger partial charge is 0.233 e. The Balaban J connectivity index is 1.40. The molecule has 0 atom stereocenters. The highest BCUT2D eigenvalue weighted by atomic mass is 16.5. The molecule has 0 bridgehead atoms. The SMILES string of the molecule is O=C(CC(=O)Nc1ccc(Oc2ccccc2)cc1)NCCc1ccccc1. The Kier molecular flexibility index (Phi) is 6.79. The fourth-order valence-corrected chi connectivity index (χ4v) is 2.64. The van der Waals surface area contributed by atoms with Crippen molar-refractivity contribution in [3.8, 4) is 11.5 Å². The van der Waals surface area contributed by atoms with Crippen LogP contribution >= 0.6 is 0 Å². The van der Waals surface area contributed by atoms with Crippen molar-refractivity contribution < 1.29 is 14.3 Å². The highest BCUT2D eigenvalue weighted by molar-refractivity contribution is 6.03. The van der Waals surface area contributed by atoms with Gasteiger partial charge in [-0.05, 0) is 48.4 Å². The first-order valence-corrected chi connectivity index (χ1v) is 9.12. The van der Waals surface area contributed by atoms with Crippen molar-refractivity contribution in [2.24, 2.45) is 0 Å². The minimum absolute atomic E-state index is 0.211. The van der Waals surface area contributed by atoms with Crippen LogP contribution in [-0.2, 0) is 16.0 Å². The zero-order chi connectivity index (χ0) is 19.6. The number of carbonyl (C=O) groups excluding carboxylic acids is 2. The maximum Gasteiger partial charge on any atom is 0.233 e. The first-order chi connectivity index (χ1) is 13.7. The molecule has 5 heteroatoms. The Hall–Kier alpha value is -3.60. The Morgan fingerprint density at radius 2 is 1.32 bits per heavy atom. The van der Waals surface area contributed by atoms with Crippen LogP contribution in [0.1, 0.15) is 12.0 Å². The van der Waals surface area contributed by atoms with Crippen LogP contribution in [0.3, 0.4) is 0 Å². The molecule has 5 nitrogen and oxygen atoms in total. The fourth-order valence-electron chi connectivity index (χ4n) is 2.64. The van der Waals surface area contributed by atoms with Gasteiger partial charge in [-0.3, -0.25) is 9.59 Å². The summed E-state index contributed by atoms with van der Waals surface area (Å²) in [7, 11) is 0. The molecule has 142 valence electrons. The average molecular weight is 374 g/mol. The van der Waals surface area contributed by atoms with Crippen molar-refractivity contribution in [3.63, 3.8) is 0 Å². The zero-order valence-electron chi connectivity index (χ0n) is 15.4. The van der Waals surface area contributed by atoms with E-state index in [1.54, 1.807) is 24.3 Å². The molecule has 0 saturated carbocycles. The highest BCUT2D eigenvalue weighted by Gasteiger charge is 2.09. The van der Waals surface area contributed by atoms with E-state index in [9.17, 15) is 9.59 Å². The van der Waals surface area contributed by atoms with Gasteiger partial charge in [0.05, 0.1) is 0 Å². The van der Waals surface area contributed by atoms with Gasteiger partial charge in [0.25, 0.3) is 0 Å². The monoisotopic (exact) mass is 374 g/mol. The van der Waals surface area contributed by atoms with Gasteiger partial charge in [-0.2, -0.15) is 0 Å². The largest absolute Gasteiger partial charge is 0.457 e. The normalized spacial score (nSPS) is 10.1. The lowest BCUT2D eigenvalue weighted by atomic mass is 10.1. The number of anilines is 1. The Labute approximate surface area is 164 Å². The third-order valence-corrected chi connectivity index (χ3v) is 4.02. The zero-order valence-corrected chi connectivity index (χ0v) is 15.4. The molecule has 0 saturated heterocycles. The molecule has 2 amide bonds. The summed E-state index contributed by atoms with van der Waals surface area (Å²) in [4.78, 5) is 23.9. The number of benzene rings is 3. The molecule has 3 aromatic rings. The summed E-state index contributed by atoms with van der Waals surface area (Å²) in [5.74, 6) is 0.765. The van der Waals surface area contributed by atoms with Crippen LogP contribution in [0.15, 0.2) is 84.9 Å². The second-order valence-electron chi connectivity index (χ2n) is 6.25. The van der Waals surface area contributed by atoms with Crippen molar-refractivity contribution >= 4 is 17.5 Å². The standard InChI is InChI=1S/C23H22N2O3/c26-22(24-16-15-18-7-3-1-4-8-18)17-23(27)25-19-11-13-21(14-12-19)28-20-9-5-2-6-10-20/h1-14H,15-17H2,(H,24,26)(H,25,27). The second-order valence-corrected chi connectivity index (χ2v) is 6.25. The van der Waals surface area contributed by atoms with Gasteiger partial charge in [-0.15, -0.1) is 0 Å². The van der Waals surface area contributed by atoms with Gasteiger partial charge in [-0.1, -0.05) is 48.5 Å². The molecule has 2 N–H and O–H groups in total. The molecule has 3 aromatic carbocycles. The lowest BCUT2D eigenvalue weighted by Crippen LogP contribution is -2.29. The topological polar surface area (TPSA) is 67.4 Å². The van der Waals surface area contributed by atoms with Gasteiger partial charge >= 0.3 is 0 Å². The van der Waals surface area contributed by atoms with E-state index in [4.69, 9.17) is 4.74 Å². The number of hydrogen-bond acceptors (Lipinski definition) is 3. The Morgan fingerprint density at radius 1 is 0.714 bits per heavy atom. The minimum Gasteiger partial charge on any atom is -0.457 e.